The number of hydrogen-bond acceptors (Lipinski definition) is 1. The number of nitrogens with one attached hydrogen (secondary N) is 1. The van der Waals surface area contributed by atoms with Crippen LogP contribution in [0.5, 0.6) is 0 Å². The molecule has 16 heavy (non-hydrogen) atoms. The number of hydrogen-bond donors (Lipinski definition) is 1. The molecule has 80 valence electrons. The smallest absolute Gasteiger partial charge is 0.0434 e. The van der Waals surface area contributed by atoms with Crippen molar-refractivity contribution in [3.63, 3.8) is 0 Å². The molecule has 1 unspecified atom stereocenters. The van der Waals surface area contributed by atoms with E-state index in [0.717, 1.165) is 0 Å². The van der Waals surface area contributed by atoms with Gasteiger partial charge in [-0.2, -0.15) is 0 Å². The first-order valence-electron chi connectivity index (χ1n) is 5.45. The lowest BCUT2D eigenvalue weighted by molar-refractivity contribution is 0.616. The fraction of sp³-hybridized carbons (Fsp3) is 0.200. The van der Waals surface area contributed by atoms with Crippen LogP contribution in [0.4, 0.5) is 0 Å². The normalized spacial score (nSPS) is 12.2. The van der Waals surface area contributed by atoms with Crippen LogP contribution in [-0.4, -0.2) is 7.05 Å². The fourth-order valence-electron chi connectivity index (χ4n) is 2.04. The van der Waals surface area contributed by atoms with Gasteiger partial charge < -0.3 is 5.32 Å². The molecule has 2 rings (SSSR count). The van der Waals surface area contributed by atoms with Crippen molar-refractivity contribution in [3.05, 3.63) is 48.0 Å². The predicted octanol–water partition coefficient (Wildman–Crippen LogP) is 3.12. The zero-order valence-electron chi connectivity index (χ0n) is 9.40. The van der Waals surface area contributed by atoms with Crippen LogP contribution in [0.25, 0.3) is 10.8 Å². The summed E-state index contributed by atoms with van der Waals surface area (Å²) in [6.07, 6.45) is 6.11. The van der Waals surface area contributed by atoms with E-state index in [0.29, 0.717) is 6.42 Å². The van der Waals surface area contributed by atoms with Gasteiger partial charge in [-0.3, -0.25) is 0 Å². The van der Waals surface area contributed by atoms with Crippen molar-refractivity contribution in [2.45, 2.75) is 12.5 Å². The second-order valence-electron chi connectivity index (χ2n) is 3.82. The van der Waals surface area contributed by atoms with Gasteiger partial charge in [-0.05, 0) is 23.4 Å². The van der Waals surface area contributed by atoms with Gasteiger partial charge in [0.2, 0.25) is 0 Å². The summed E-state index contributed by atoms with van der Waals surface area (Å²) in [5.74, 6) is 2.72. The quantitative estimate of drug-likeness (QED) is 0.766. The van der Waals surface area contributed by atoms with Gasteiger partial charge in [0.1, 0.15) is 0 Å². The topological polar surface area (TPSA) is 12.0 Å². The first kappa shape index (κ1) is 10.7. The molecule has 0 bridgehead atoms. The van der Waals surface area contributed by atoms with Crippen molar-refractivity contribution >= 4 is 10.8 Å². The van der Waals surface area contributed by atoms with Gasteiger partial charge in [-0.1, -0.05) is 42.5 Å². The second-order valence-corrected chi connectivity index (χ2v) is 3.82. The largest absolute Gasteiger partial charge is 0.312 e. The SMILES string of the molecule is C#CCC(NC)c1cccc2ccccc12. The zero-order valence-corrected chi connectivity index (χ0v) is 9.40. The number of benzene rings is 2. The summed E-state index contributed by atoms with van der Waals surface area (Å²) in [7, 11) is 1.95. The van der Waals surface area contributed by atoms with Crippen LogP contribution in [0.3, 0.4) is 0 Å². The summed E-state index contributed by atoms with van der Waals surface area (Å²) in [5, 5.41) is 5.81. The van der Waals surface area contributed by atoms with Crippen molar-refractivity contribution in [2.75, 3.05) is 7.05 Å². The minimum Gasteiger partial charge on any atom is -0.312 e. The maximum absolute atomic E-state index is 5.40. The average molecular weight is 209 g/mol. The van der Waals surface area contributed by atoms with Gasteiger partial charge in [-0.25, -0.2) is 0 Å². The van der Waals surface area contributed by atoms with Crippen molar-refractivity contribution in [1.29, 1.82) is 0 Å². The van der Waals surface area contributed by atoms with Crippen molar-refractivity contribution in [3.8, 4) is 12.3 Å². The third-order valence-electron chi connectivity index (χ3n) is 2.87. The Kier molecular flexibility index (Phi) is 3.24. The van der Waals surface area contributed by atoms with Crippen molar-refractivity contribution in [1.82, 2.24) is 5.32 Å². The lowest BCUT2D eigenvalue weighted by atomic mass is 9.97. The maximum atomic E-state index is 5.40. The molecule has 2 aromatic carbocycles. The highest BCUT2D eigenvalue weighted by atomic mass is 14.9. The number of fused-ring (bicyclic) bond motifs is 1. The molecule has 0 aliphatic rings. The predicted molar refractivity (Wildman–Crippen MR) is 69.2 cm³/mol. The molecular weight excluding hydrogens is 194 g/mol. The molecular formula is C15H15N. The Hall–Kier alpha value is -1.78. The lowest BCUT2D eigenvalue weighted by Gasteiger charge is -2.16. The molecule has 0 aliphatic carbocycles. The van der Waals surface area contributed by atoms with Crippen LogP contribution in [0.15, 0.2) is 42.5 Å². The Labute approximate surface area is 96.5 Å². The molecule has 1 atom stereocenters. The van der Waals surface area contributed by atoms with E-state index in [9.17, 15) is 0 Å². The number of rotatable bonds is 3. The highest BCUT2D eigenvalue weighted by Crippen LogP contribution is 2.25. The second kappa shape index (κ2) is 4.83. The molecule has 1 nitrogen and oxygen atoms in total. The molecule has 0 saturated heterocycles. The summed E-state index contributed by atoms with van der Waals surface area (Å²) in [6.45, 7) is 0. The van der Waals surface area contributed by atoms with E-state index in [-0.39, 0.29) is 6.04 Å². The van der Waals surface area contributed by atoms with Gasteiger partial charge in [0.25, 0.3) is 0 Å². The molecule has 0 radical (unpaired) electrons. The first-order valence-corrected chi connectivity index (χ1v) is 5.45. The van der Waals surface area contributed by atoms with Crippen LogP contribution in [0.2, 0.25) is 0 Å². The van der Waals surface area contributed by atoms with E-state index in [1.54, 1.807) is 0 Å². The van der Waals surface area contributed by atoms with Crippen molar-refractivity contribution in [2.24, 2.45) is 0 Å². The summed E-state index contributed by atoms with van der Waals surface area (Å²) in [4.78, 5) is 0. The summed E-state index contributed by atoms with van der Waals surface area (Å²) < 4.78 is 0. The third kappa shape index (κ3) is 1.93. The van der Waals surface area contributed by atoms with Crippen LogP contribution in [0.1, 0.15) is 18.0 Å². The molecule has 0 heterocycles. The van der Waals surface area contributed by atoms with E-state index in [1.165, 1.54) is 16.3 Å². The zero-order chi connectivity index (χ0) is 11.4. The molecule has 0 saturated carbocycles. The summed E-state index contributed by atoms with van der Waals surface area (Å²) in [6, 6.07) is 15.0. The summed E-state index contributed by atoms with van der Waals surface area (Å²) in [5.41, 5.74) is 1.28. The molecule has 0 aromatic heterocycles. The Morgan fingerprint density at radius 3 is 2.69 bits per heavy atom. The Morgan fingerprint density at radius 1 is 1.19 bits per heavy atom. The summed E-state index contributed by atoms with van der Waals surface area (Å²) >= 11 is 0. The molecule has 0 fully saturated rings. The maximum Gasteiger partial charge on any atom is 0.0434 e. The molecule has 0 aliphatic heterocycles. The van der Waals surface area contributed by atoms with Gasteiger partial charge in [0, 0.05) is 12.5 Å². The van der Waals surface area contributed by atoms with Crippen LogP contribution in [0, 0.1) is 12.3 Å². The standard InChI is InChI=1S/C15H15N/c1-3-7-15(16-2)14-11-6-9-12-8-4-5-10-13(12)14/h1,4-6,8-11,15-16H,7H2,2H3. The van der Waals surface area contributed by atoms with Crippen LogP contribution in [-0.2, 0) is 0 Å². The molecule has 2 aromatic rings. The Morgan fingerprint density at radius 2 is 1.94 bits per heavy atom. The number of terminal acetylenes is 1. The molecule has 1 heteroatoms. The third-order valence-corrected chi connectivity index (χ3v) is 2.87. The monoisotopic (exact) mass is 209 g/mol. The van der Waals surface area contributed by atoms with Gasteiger partial charge in [0.05, 0.1) is 0 Å². The molecule has 0 spiro atoms. The van der Waals surface area contributed by atoms with E-state index >= 15 is 0 Å². The minimum atomic E-state index is 0.232. The van der Waals surface area contributed by atoms with Gasteiger partial charge >= 0.3 is 0 Å². The van der Waals surface area contributed by atoms with E-state index in [1.807, 2.05) is 7.05 Å². The fourth-order valence-corrected chi connectivity index (χ4v) is 2.04. The van der Waals surface area contributed by atoms with Gasteiger partial charge in [-0.15, -0.1) is 12.3 Å². The molecule has 0 amide bonds. The van der Waals surface area contributed by atoms with E-state index in [2.05, 4.69) is 53.7 Å². The Bertz CT molecular complexity index is 517. The highest BCUT2D eigenvalue weighted by Gasteiger charge is 2.10. The average Bonchev–Trinajstić information content (AvgIpc) is 2.35. The highest BCUT2D eigenvalue weighted by molar-refractivity contribution is 5.86. The van der Waals surface area contributed by atoms with Gasteiger partial charge in [0.15, 0.2) is 0 Å². The first-order chi connectivity index (χ1) is 7.86. The minimum absolute atomic E-state index is 0.232. The van der Waals surface area contributed by atoms with Crippen LogP contribution < -0.4 is 5.32 Å². The van der Waals surface area contributed by atoms with E-state index in [4.69, 9.17) is 6.42 Å². The van der Waals surface area contributed by atoms with Crippen LogP contribution >= 0.6 is 0 Å². The molecule has 1 N–H and O–H groups in total. The lowest BCUT2D eigenvalue weighted by Crippen LogP contribution is -2.15. The Balaban J connectivity index is 2.55. The van der Waals surface area contributed by atoms with Crippen molar-refractivity contribution < 1.29 is 0 Å². The van der Waals surface area contributed by atoms with E-state index < -0.39 is 0 Å².